The van der Waals surface area contributed by atoms with Crippen molar-refractivity contribution in [3.63, 3.8) is 0 Å². The van der Waals surface area contributed by atoms with E-state index >= 15 is 0 Å². The van der Waals surface area contributed by atoms with Crippen molar-refractivity contribution in [1.82, 2.24) is 0 Å². The van der Waals surface area contributed by atoms with E-state index in [-0.39, 0.29) is 11.8 Å². The van der Waals surface area contributed by atoms with Gasteiger partial charge >= 0.3 is 6.18 Å². The van der Waals surface area contributed by atoms with Crippen molar-refractivity contribution in [2.75, 3.05) is 0 Å². The quantitative estimate of drug-likeness (QED) is 0.687. The molecule has 0 atom stereocenters. The van der Waals surface area contributed by atoms with Crippen molar-refractivity contribution in [3.8, 4) is 0 Å². The third kappa shape index (κ3) is 2.23. The Hall–Kier alpha value is -0.990. The van der Waals surface area contributed by atoms with E-state index in [1.165, 1.54) is 6.07 Å². The molecule has 0 aromatic heterocycles. The second-order valence-electron chi connectivity index (χ2n) is 4.77. The molecule has 0 nitrogen and oxygen atoms in total. The average Bonchev–Trinajstić information content (AvgIpc) is 2.98. The van der Waals surface area contributed by atoms with Gasteiger partial charge in [0.2, 0.25) is 0 Å². The van der Waals surface area contributed by atoms with E-state index in [4.69, 9.17) is 0 Å². The molecule has 0 unspecified atom stereocenters. The van der Waals surface area contributed by atoms with E-state index in [2.05, 4.69) is 0 Å². The summed E-state index contributed by atoms with van der Waals surface area (Å²) < 4.78 is 38.6. The number of rotatable bonds is 2. The molecule has 0 radical (unpaired) electrons. The molecule has 0 aliphatic heterocycles. The second-order valence-corrected chi connectivity index (χ2v) is 4.77. The molecular weight excluding hydrogens is 213 g/mol. The average molecular weight is 228 g/mol. The zero-order valence-corrected chi connectivity index (χ0v) is 9.43. The van der Waals surface area contributed by atoms with Crippen molar-refractivity contribution >= 4 is 0 Å². The summed E-state index contributed by atoms with van der Waals surface area (Å²) in [6, 6.07) is 4.81. The zero-order valence-electron chi connectivity index (χ0n) is 9.43. The lowest BCUT2D eigenvalue weighted by Crippen LogP contribution is -2.09. The van der Waals surface area contributed by atoms with Gasteiger partial charge in [-0.15, -0.1) is 0 Å². The van der Waals surface area contributed by atoms with Crippen LogP contribution in [0.25, 0.3) is 0 Å². The van der Waals surface area contributed by atoms with Gasteiger partial charge in [-0.1, -0.05) is 26.0 Å². The minimum absolute atomic E-state index is 0.134. The smallest absolute Gasteiger partial charge is 0.166 e. The van der Waals surface area contributed by atoms with Gasteiger partial charge in [0.05, 0.1) is 5.56 Å². The first-order chi connectivity index (χ1) is 7.39. The van der Waals surface area contributed by atoms with Crippen molar-refractivity contribution in [3.05, 3.63) is 34.9 Å². The third-order valence-corrected chi connectivity index (χ3v) is 3.07. The molecule has 0 spiro atoms. The summed E-state index contributed by atoms with van der Waals surface area (Å²) in [5.74, 6) is 0.271. The molecule has 0 N–H and O–H groups in total. The molecule has 0 heterocycles. The molecule has 16 heavy (non-hydrogen) atoms. The van der Waals surface area contributed by atoms with Gasteiger partial charge in [0, 0.05) is 0 Å². The first-order valence-electron chi connectivity index (χ1n) is 5.60. The molecule has 3 heteroatoms. The number of hydrogen-bond donors (Lipinski definition) is 0. The molecule has 1 aromatic carbocycles. The summed E-state index contributed by atoms with van der Waals surface area (Å²) >= 11 is 0. The molecule has 1 aliphatic carbocycles. The Balaban J connectivity index is 2.47. The Morgan fingerprint density at radius 1 is 1.19 bits per heavy atom. The van der Waals surface area contributed by atoms with Gasteiger partial charge in [-0.25, -0.2) is 0 Å². The Labute approximate surface area is 93.5 Å². The van der Waals surface area contributed by atoms with Crippen LogP contribution in [0, 0.1) is 0 Å². The van der Waals surface area contributed by atoms with Gasteiger partial charge in [-0.05, 0) is 41.9 Å². The highest BCUT2D eigenvalue weighted by Crippen LogP contribution is 2.46. The maximum Gasteiger partial charge on any atom is 0.416 e. The minimum Gasteiger partial charge on any atom is -0.166 e. The summed E-state index contributed by atoms with van der Waals surface area (Å²) in [5.41, 5.74) is 0.815. The van der Waals surface area contributed by atoms with Crippen LogP contribution < -0.4 is 0 Å². The highest BCUT2D eigenvalue weighted by atomic mass is 19.4. The van der Waals surface area contributed by atoms with Gasteiger partial charge in [0.25, 0.3) is 0 Å². The molecule has 88 valence electrons. The number of hydrogen-bond acceptors (Lipinski definition) is 0. The molecule has 1 fully saturated rings. The van der Waals surface area contributed by atoms with Gasteiger partial charge in [0.1, 0.15) is 0 Å². The number of benzene rings is 1. The standard InChI is InChI=1S/C13H15F3/c1-8(2)10-5-6-11(9-3-4-9)12(7-10)13(14,15)16/h5-9H,3-4H2,1-2H3. The predicted octanol–water partition coefficient (Wildman–Crippen LogP) is 4.71. The molecule has 2 rings (SSSR count). The lowest BCUT2D eigenvalue weighted by molar-refractivity contribution is -0.138. The van der Waals surface area contributed by atoms with Crippen molar-refractivity contribution < 1.29 is 13.2 Å². The maximum atomic E-state index is 12.9. The predicted molar refractivity (Wildman–Crippen MR) is 57.5 cm³/mol. The van der Waals surface area contributed by atoms with Crippen molar-refractivity contribution in [2.24, 2.45) is 0 Å². The molecule has 0 amide bonds. The van der Waals surface area contributed by atoms with E-state index < -0.39 is 11.7 Å². The van der Waals surface area contributed by atoms with Crippen LogP contribution in [0.15, 0.2) is 18.2 Å². The maximum absolute atomic E-state index is 12.9. The Morgan fingerprint density at radius 2 is 1.81 bits per heavy atom. The van der Waals surface area contributed by atoms with E-state index in [9.17, 15) is 13.2 Å². The largest absolute Gasteiger partial charge is 0.416 e. The van der Waals surface area contributed by atoms with Crippen LogP contribution >= 0.6 is 0 Å². The van der Waals surface area contributed by atoms with E-state index in [1.54, 1.807) is 6.07 Å². The van der Waals surface area contributed by atoms with Gasteiger partial charge in [-0.2, -0.15) is 13.2 Å². The van der Waals surface area contributed by atoms with Crippen LogP contribution in [0.1, 0.15) is 55.2 Å². The van der Waals surface area contributed by atoms with Crippen molar-refractivity contribution in [1.29, 1.82) is 0 Å². The van der Waals surface area contributed by atoms with Crippen LogP contribution in [0.2, 0.25) is 0 Å². The fraction of sp³-hybridized carbons (Fsp3) is 0.538. The second kappa shape index (κ2) is 3.79. The summed E-state index contributed by atoms with van der Waals surface area (Å²) in [4.78, 5) is 0. The van der Waals surface area contributed by atoms with Gasteiger partial charge in [-0.3, -0.25) is 0 Å². The van der Waals surface area contributed by atoms with Gasteiger partial charge in [0.15, 0.2) is 0 Å². The van der Waals surface area contributed by atoms with E-state index in [0.29, 0.717) is 5.56 Å². The normalized spacial score (nSPS) is 16.9. The van der Waals surface area contributed by atoms with E-state index in [0.717, 1.165) is 18.4 Å². The topological polar surface area (TPSA) is 0 Å². The molecular formula is C13H15F3. The lowest BCUT2D eigenvalue weighted by atomic mass is 9.95. The fourth-order valence-electron chi connectivity index (χ4n) is 1.93. The zero-order chi connectivity index (χ0) is 11.9. The lowest BCUT2D eigenvalue weighted by Gasteiger charge is -2.15. The molecule has 1 aliphatic rings. The third-order valence-electron chi connectivity index (χ3n) is 3.07. The first-order valence-corrected chi connectivity index (χ1v) is 5.60. The highest BCUT2D eigenvalue weighted by molar-refractivity contribution is 5.39. The number of alkyl halides is 3. The van der Waals surface area contributed by atoms with E-state index in [1.807, 2.05) is 19.9 Å². The van der Waals surface area contributed by atoms with Crippen LogP contribution in [0.3, 0.4) is 0 Å². The highest BCUT2D eigenvalue weighted by Gasteiger charge is 2.38. The number of halogens is 3. The summed E-state index contributed by atoms with van der Waals surface area (Å²) in [7, 11) is 0. The first kappa shape index (κ1) is 11.5. The molecule has 0 bridgehead atoms. The Morgan fingerprint density at radius 3 is 2.25 bits per heavy atom. The minimum atomic E-state index is -4.22. The molecule has 1 aromatic rings. The van der Waals surface area contributed by atoms with Crippen LogP contribution in [0.4, 0.5) is 13.2 Å². The SMILES string of the molecule is CC(C)c1ccc(C2CC2)c(C(F)(F)F)c1. The Kier molecular flexibility index (Phi) is 2.72. The van der Waals surface area contributed by atoms with Crippen molar-refractivity contribution in [2.45, 2.75) is 44.7 Å². The monoisotopic (exact) mass is 228 g/mol. The van der Waals surface area contributed by atoms with Crippen LogP contribution in [0.5, 0.6) is 0 Å². The Bertz CT molecular complexity index is 387. The summed E-state index contributed by atoms with van der Waals surface area (Å²) in [6.07, 6.45) is -2.43. The summed E-state index contributed by atoms with van der Waals surface area (Å²) in [5, 5.41) is 0. The molecule has 1 saturated carbocycles. The summed E-state index contributed by atoms with van der Waals surface area (Å²) in [6.45, 7) is 3.82. The van der Waals surface area contributed by atoms with Crippen LogP contribution in [-0.2, 0) is 6.18 Å². The molecule has 0 saturated heterocycles. The van der Waals surface area contributed by atoms with Crippen LogP contribution in [-0.4, -0.2) is 0 Å². The van der Waals surface area contributed by atoms with Gasteiger partial charge < -0.3 is 0 Å². The fourth-order valence-corrected chi connectivity index (χ4v) is 1.93.